The Morgan fingerprint density at radius 3 is 2.53 bits per heavy atom. The zero-order valence-corrected chi connectivity index (χ0v) is 9.73. The van der Waals surface area contributed by atoms with Crippen LogP contribution in [-0.4, -0.2) is 23.9 Å². The van der Waals surface area contributed by atoms with Gasteiger partial charge in [-0.15, -0.1) is 12.6 Å². The monoisotopic (exact) mass is 265 g/mol. The molecule has 7 heteroatoms. The first-order valence-electron chi connectivity index (χ1n) is 4.70. The number of Topliss-reactive ketones (excluding diaryl/α,β-unsaturated/α-hetero) is 1. The highest BCUT2D eigenvalue weighted by Crippen LogP contribution is 2.22. The summed E-state index contributed by atoms with van der Waals surface area (Å²) >= 11 is 3.97. The molecule has 0 radical (unpaired) electrons. The van der Waals surface area contributed by atoms with E-state index in [1.165, 1.54) is 19.1 Å². The normalized spacial score (nSPS) is 20.4. The summed E-state index contributed by atoms with van der Waals surface area (Å²) in [5, 5.41) is 1.79. The lowest BCUT2D eigenvalue weighted by Crippen LogP contribution is -2.43. The Bertz CT molecular complexity index is 412. The summed E-state index contributed by atoms with van der Waals surface area (Å²) in [5.74, 6) is -2.28. The SMILES string of the molecule is CC(=O)C1=CC(S)=CC(NC(=O)C(F)(F)F)C1. The molecule has 1 aliphatic rings. The van der Waals surface area contributed by atoms with Gasteiger partial charge in [-0.1, -0.05) is 0 Å². The molecule has 0 aromatic carbocycles. The van der Waals surface area contributed by atoms with Gasteiger partial charge in [0.1, 0.15) is 0 Å². The van der Waals surface area contributed by atoms with Gasteiger partial charge in [0.2, 0.25) is 0 Å². The van der Waals surface area contributed by atoms with Gasteiger partial charge in [-0.25, -0.2) is 0 Å². The third kappa shape index (κ3) is 3.92. The molecule has 1 atom stereocenters. The van der Waals surface area contributed by atoms with E-state index in [9.17, 15) is 22.8 Å². The number of thiol groups is 1. The molecule has 0 aromatic heterocycles. The van der Waals surface area contributed by atoms with Crippen LogP contribution in [0.15, 0.2) is 22.6 Å². The van der Waals surface area contributed by atoms with Crippen molar-refractivity contribution in [3.05, 3.63) is 22.6 Å². The van der Waals surface area contributed by atoms with Crippen LogP contribution in [0.5, 0.6) is 0 Å². The lowest BCUT2D eigenvalue weighted by atomic mass is 9.97. The van der Waals surface area contributed by atoms with E-state index in [0.717, 1.165) is 0 Å². The first-order chi connectivity index (χ1) is 7.70. The average molecular weight is 265 g/mol. The summed E-state index contributed by atoms with van der Waals surface area (Å²) in [5.41, 5.74) is 0.338. The van der Waals surface area contributed by atoms with Gasteiger partial charge >= 0.3 is 12.1 Å². The van der Waals surface area contributed by atoms with Crippen LogP contribution in [0.1, 0.15) is 13.3 Å². The highest BCUT2D eigenvalue weighted by Gasteiger charge is 2.39. The number of nitrogens with one attached hydrogen (secondary N) is 1. The van der Waals surface area contributed by atoms with Crippen LogP contribution >= 0.6 is 12.6 Å². The molecule has 0 spiro atoms. The summed E-state index contributed by atoms with van der Waals surface area (Å²) in [6.45, 7) is 1.31. The van der Waals surface area contributed by atoms with Gasteiger partial charge in [0.05, 0.1) is 6.04 Å². The highest BCUT2D eigenvalue weighted by atomic mass is 32.1. The Morgan fingerprint density at radius 1 is 1.47 bits per heavy atom. The Labute approximate surface area is 101 Å². The lowest BCUT2D eigenvalue weighted by molar-refractivity contribution is -0.174. The van der Waals surface area contributed by atoms with Gasteiger partial charge < -0.3 is 5.32 Å². The highest BCUT2D eigenvalue weighted by molar-refractivity contribution is 7.84. The second-order valence-electron chi connectivity index (χ2n) is 3.60. The van der Waals surface area contributed by atoms with Crippen molar-refractivity contribution in [1.82, 2.24) is 5.32 Å². The molecule has 1 unspecified atom stereocenters. The number of alkyl halides is 3. The van der Waals surface area contributed by atoms with Crippen molar-refractivity contribution < 1.29 is 22.8 Å². The molecule has 0 fully saturated rings. The van der Waals surface area contributed by atoms with E-state index in [4.69, 9.17) is 0 Å². The fraction of sp³-hybridized carbons (Fsp3) is 0.400. The summed E-state index contributed by atoms with van der Waals surface area (Å²) in [4.78, 5) is 22.2. The zero-order valence-electron chi connectivity index (χ0n) is 8.84. The topological polar surface area (TPSA) is 46.2 Å². The molecule has 1 rings (SSSR count). The Morgan fingerprint density at radius 2 is 2.06 bits per heavy atom. The van der Waals surface area contributed by atoms with Crippen molar-refractivity contribution in [1.29, 1.82) is 0 Å². The molecule has 0 saturated carbocycles. The van der Waals surface area contributed by atoms with Gasteiger partial charge in [-0.3, -0.25) is 9.59 Å². The first kappa shape index (κ1) is 13.8. The summed E-state index contributed by atoms with van der Waals surface area (Å²) in [7, 11) is 0. The van der Waals surface area contributed by atoms with E-state index >= 15 is 0 Å². The van der Waals surface area contributed by atoms with E-state index in [1.54, 1.807) is 5.32 Å². The predicted octanol–water partition coefficient (Wildman–Crippen LogP) is 1.77. The van der Waals surface area contributed by atoms with E-state index < -0.39 is 18.1 Å². The van der Waals surface area contributed by atoms with E-state index in [0.29, 0.717) is 10.5 Å². The van der Waals surface area contributed by atoms with E-state index in [1.807, 2.05) is 0 Å². The quantitative estimate of drug-likeness (QED) is 0.747. The molecule has 1 N–H and O–H groups in total. The van der Waals surface area contributed by atoms with Crippen molar-refractivity contribution in [2.75, 3.05) is 0 Å². The van der Waals surface area contributed by atoms with Gasteiger partial charge in [0.25, 0.3) is 0 Å². The zero-order chi connectivity index (χ0) is 13.2. The predicted molar refractivity (Wildman–Crippen MR) is 58.4 cm³/mol. The molecule has 3 nitrogen and oxygen atoms in total. The van der Waals surface area contributed by atoms with Crippen LogP contribution in [0.2, 0.25) is 0 Å². The van der Waals surface area contributed by atoms with Crippen LogP contribution in [0.25, 0.3) is 0 Å². The Balaban J connectivity index is 2.74. The minimum Gasteiger partial charge on any atom is -0.342 e. The van der Waals surface area contributed by atoms with Gasteiger partial charge in [0.15, 0.2) is 5.78 Å². The van der Waals surface area contributed by atoms with Crippen molar-refractivity contribution in [3.8, 4) is 0 Å². The average Bonchev–Trinajstić information content (AvgIpc) is 2.14. The summed E-state index contributed by atoms with van der Waals surface area (Å²) in [6, 6.07) is -0.861. The number of ketones is 1. The van der Waals surface area contributed by atoms with Gasteiger partial charge in [-0.05, 0) is 31.1 Å². The van der Waals surface area contributed by atoms with Gasteiger partial charge in [0, 0.05) is 4.91 Å². The molecule has 17 heavy (non-hydrogen) atoms. The molecule has 0 aromatic rings. The molecular formula is C10H10F3NO2S. The van der Waals surface area contributed by atoms with Crippen LogP contribution in [-0.2, 0) is 9.59 Å². The third-order valence-electron chi connectivity index (χ3n) is 2.16. The van der Waals surface area contributed by atoms with Crippen LogP contribution < -0.4 is 5.32 Å². The van der Waals surface area contributed by atoms with Crippen molar-refractivity contribution in [2.24, 2.45) is 0 Å². The molecule has 94 valence electrons. The number of hydrogen-bond donors (Lipinski definition) is 2. The lowest BCUT2D eigenvalue weighted by Gasteiger charge is -2.20. The molecule has 0 bridgehead atoms. The minimum absolute atomic E-state index is 0.0429. The second-order valence-corrected chi connectivity index (χ2v) is 4.12. The standard InChI is InChI=1S/C10H10F3NO2S/c1-5(15)6-2-7(4-8(17)3-6)14-9(16)10(11,12)13/h3-4,7,17H,2H2,1H3,(H,14,16). The summed E-state index contributed by atoms with van der Waals surface area (Å²) < 4.78 is 36.1. The van der Waals surface area contributed by atoms with Crippen molar-refractivity contribution in [2.45, 2.75) is 25.6 Å². The maximum absolute atomic E-state index is 12.0. The smallest absolute Gasteiger partial charge is 0.342 e. The number of halogens is 3. The van der Waals surface area contributed by atoms with E-state index in [2.05, 4.69) is 12.6 Å². The Kier molecular flexibility index (Phi) is 4.03. The minimum atomic E-state index is -4.93. The number of carbonyl (C=O) groups is 2. The number of allylic oxidation sites excluding steroid dienone is 1. The largest absolute Gasteiger partial charge is 0.471 e. The number of rotatable bonds is 2. The maximum Gasteiger partial charge on any atom is 0.471 e. The van der Waals surface area contributed by atoms with Crippen LogP contribution in [0, 0.1) is 0 Å². The molecule has 0 aliphatic heterocycles. The Hall–Kier alpha value is -1.24. The van der Waals surface area contributed by atoms with E-state index in [-0.39, 0.29) is 12.2 Å². The van der Waals surface area contributed by atoms with Crippen molar-refractivity contribution >= 4 is 24.3 Å². The summed E-state index contributed by atoms with van der Waals surface area (Å²) in [6.07, 6.45) is -2.05. The number of hydrogen-bond acceptors (Lipinski definition) is 3. The van der Waals surface area contributed by atoms with Crippen LogP contribution in [0.4, 0.5) is 13.2 Å². The molecular weight excluding hydrogens is 255 g/mol. The van der Waals surface area contributed by atoms with Gasteiger partial charge in [-0.2, -0.15) is 13.2 Å². The second kappa shape index (κ2) is 4.95. The fourth-order valence-electron chi connectivity index (χ4n) is 1.38. The fourth-order valence-corrected chi connectivity index (χ4v) is 1.71. The maximum atomic E-state index is 12.0. The van der Waals surface area contributed by atoms with Crippen molar-refractivity contribution in [3.63, 3.8) is 0 Å². The first-order valence-corrected chi connectivity index (χ1v) is 5.15. The molecule has 1 amide bonds. The molecule has 0 saturated heterocycles. The third-order valence-corrected chi connectivity index (χ3v) is 2.44. The number of amides is 1. The molecule has 0 heterocycles. The molecule has 1 aliphatic carbocycles. The number of carbonyl (C=O) groups excluding carboxylic acids is 2. The van der Waals surface area contributed by atoms with Crippen LogP contribution in [0.3, 0.4) is 0 Å².